The summed E-state index contributed by atoms with van der Waals surface area (Å²) in [5.74, 6) is 1.02. The van der Waals surface area contributed by atoms with Crippen molar-refractivity contribution in [3.05, 3.63) is 53.1 Å². The van der Waals surface area contributed by atoms with E-state index >= 15 is 0 Å². The molecule has 3 nitrogen and oxygen atoms in total. The van der Waals surface area contributed by atoms with E-state index in [0.29, 0.717) is 11.6 Å². The van der Waals surface area contributed by atoms with Gasteiger partial charge in [-0.3, -0.25) is 0 Å². The molecule has 2 rings (SSSR count). The minimum Gasteiger partial charge on any atom is -0.508 e. The molecule has 0 heterocycles. The molecule has 0 bridgehead atoms. The van der Waals surface area contributed by atoms with Crippen molar-refractivity contribution in [2.24, 2.45) is 0 Å². The minimum absolute atomic E-state index is 0.216. The Morgan fingerprint density at radius 2 is 1.95 bits per heavy atom. The summed E-state index contributed by atoms with van der Waals surface area (Å²) in [7, 11) is 3.60. The van der Waals surface area contributed by atoms with Crippen molar-refractivity contribution in [1.82, 2.24) is 0 Å². The molecule has 0 atom stereocenters. The highest BCUT2D eigenvalue weighted by molar-refractivity contribution is 6.31. The molecule has 100 valence electrons. The van der Waals surface area contributed by atoms with Crippen molar-refractivity contribution in [2.75, 3.05) is 19.1 Å². The fourth-order valence-corrected chi connectivity index (χ4v) is 2.15. The third-order valence-electron chi connectivity index (χ3n) is 2.93. The fourth-order valence-electron chi connectivity index (χ4n) is 1.97. The van der Waals surface area contributed by atoms with Gasteiger partial charge in [0.1, 0.15) is 11.5 Å². The van der Waals surface area contributed by atoms with E-state index in [1.807, 2.05) is 36.2 Å². The number of aromatic hydroxyl groups is 1. The van der Waals surface area contributed by atoms with Crippen LogP contribution in [0.15, 0.2) is 42.5 Å². The largest absolute Gasteiger partial charge is 0.508 e. The number of rotatable bonds is 4. The Morgan fingerprint density at radius 3 is 2.68 bits per heavy atom. The summed E-state index contributed by atoms with van der Waals surface area (Å²) in [6.45, 7) is 0.591. The van der Waals surface area contributed by atoms with E-state index in [1.54, 1.807) is 25.3 Å². The Balaban J connectivity index is 2.25. The summed E-state index contributed by atoms with van der Waals surface area (Å²) in [5.41, 5.74) is 1.85. The van der Waals surface area contributed by atoms with Crippen molar-refractivity contribution in [2.45, 2.75) is 6.54 Å². The maximum absolute atomic E-state index is 9.52. The molecule has 1 N–H and O–H groups in total. The molecule has 0 aliphatic heterocycles. The molecule has 4 heteroatoms. The van der Waals surface area contributed by atoms with Crippen LogP contribution in [0, 0.1) is 0 Å². The predicted molar refractivity (Wildman–Crippen MR) is 78.2 cm³/mol. The van der Waals surface area contributed by atoms with Gasteiger partial charge in [-0.2, -0.15) is 0 Å². The van der Waals surface area contributed by atoms with Gasteiger partial charge in [-0.1, -0.05) is 23.7 Å². The van der Waals surface area contributed by atoms with Crippen LogP contribution in [0.25, 0.3) is 0 Å². The molecule has 0 unspecified atom stereocenters. The van der Waals surface area contributed by atoms with E-state index < -0.39 is 0 Å². The smallest absolute Gasteiger partial charge is 0.142 e. The fraction of sp³-hybridized carbons (Fsp3) is 0.200. The van der Waals surface area contributed by atoms with Gasteiger partial charge in [0, 0.05) is 18.6 Å². The number of ether oxygens (including phenoxy) is 1. The molecular formula is C15H16ClNO2. The number of nitrogens with zero attached hydrogens (tertiary/aromatic N) is 1. The van der Waals surface area contributed by atoms with Crippen LogP contribution in [0.3, 0.4) is 0 Å². The van der Waals surface area contributed by atoms with Crippen LogP contribution >= 0.6 is 11.6 Å². The SMILES string of the molecule is COc1ccccc1N(C)Cc1cc(O)ccc1Cl. The maximum Gasteiger partial charge on any atom is 0.142 e. The quantitative estimate of drug-likeness (QED) is 0.925. The molecule has 0 saturated heterocycles. The van der Waals surface area contributed by atoms with Crippen molar-refractivity contribution < 1.29 is 9.84 Å². The summed E-state index contributed by atoms with van der Waals surface area (Å²) in [4.78, 5) is 2.03. The zero-order chi connectivity index (χ0) is 13.8. The standard InChI is InChI=1S/C15H16ClNO2/c1-17(14-5-3-4-6-15(14)19-2)10-11-9-12(18)7-8-13(11)16/h3-9,18H,10H2,1-2H3. The third-order valence-corrected chi connectivity index (χ3v) is 3.30. The van der Waals surface area contributed by atoms with Crippen LogP contribution in [0.5, 0.6) is 11.5 Å². The number of hydrogen-bond acceptors (Lipinski definition) is 3. The van der Waals surface area contributed by atoms with Crippen LogP contribution in [0.1, 0.15) is 5.56 Å². The number of anilines is 1. The van der Waals surface area contributed by atoms with Gasteiger partial charge < -0.3 is 14.7 Å². The van der Waals surface area contributed by atoms with Gasteiger partial charge in [-0.15, -0.1) is 0 Å². The van der Waals surface area contributed by atoms with E-state index in [1.165, 1.54) is 0 Å². The lowest BCUT2D eigenvalue weighted by Gasteiger charge is -2.22. The van der Waals surface area contributed by atoms with Gasteiger partial charge in [0.2, 0.25) is 0 Å². The van der Waals surface area contributed by atoms with Gasteiger partial charge in [-0.25, -0.2) is 0 Å². The molecule has 0 saturated carbocycles. The lowest BCUT2D eigenvalue weighted by Crippen LogP contribution is -2.17. The van der Waals surface area contributed by atoms with Gasteiger partial charge >= 0.3 is 0 Å². The highest BCUT2D eigenvalue weighted by Crippen LogP contribution is 2.29. The Bertz CT molecular complexity index is 572. The second-order valence-corrected chi connectivity index (χ2v) is 4.71. The lowest BCUT2D eigenvalue weighted by molar-refractivity contribution is 0.415. The molecule has 0 spiro atoms. The molecule has 0 amide bonds. The summed E-state index contributed by atoms with van der Waals surface area (Å²) in [6.07, 6.45) is 0. The normalized spacial score (nSPS) is 10.3. The predicted octanol–water partition coefficient (Wildman–Crippen LogP) is 3.69. The van der Waals surface area contributed by atoms with Crippen molar-refractivity contribution >= 4 is 17.3 Å². The van der Waals surface area contributed by atoms with Gasteiger partial charge in [-0.05, 0) is 35.9 Å². The van der Waals surface area contributed by atoms with Crippen LogP contribution in [0.4, 0.5) is 5.69 Å². The Morgan fingerprint density at radius 1 is 1.21 bits per heavy atom. The first-order valence-corrected chi connectivity index (χ1v) is 6.31. The van der Waals surface area contributed by atoms with Crippen LogP contribution < -0.4 is 9.64 Å². The first kappa shape index (κ1) is 13.6. The van der Waals surface area contributed by atoms with E-state index in [-0.39, 0.29) is 5.75 Å². The van der Waals surface area contributed by atoms with Gasteiger partial charge in [0.15, 0.2) is 0 Å². The monoisotopic (exact) mass is 277 g/mol. The maximum atomic E-state index is 9.52. The number of hydrogen-bond donors (Lipinski definition) is 1. The molecule has 19 heavy (non-hydrogen) atoms. The second-order valence-electron chi connectivity index (χ2n) is 4.30. The average molecular weight is 278 g/mol. The van der Waals surface area contributed by atoms with E-state index in [9.17, 15) is 5.11 Å². The summed E-state index contributed by atoms with van der Waals surface area (Å²) < 4.78 is 5.33. The Hall–Kier alpha value is -1.87. The van der Waals surface area contributed by atoms with E-state index in [2.05, 4.69) is 0 Å². The average Bonchev–Trinajstić information content (AvgIpc) is 2.42. The van der Waals surface area contributed by atoms with Crippen LogP contribution in [-0.2, 0) is 6.54 Å². The molecule has 0 radical (unpaired) electrons. The molecule has 0 aliphatic rings. The molecule has 2 aromatic carbocycles. The third kappa shape index (κ3) is 3.12. The molecule has 0 fully saturated rings. The zero-order valence-corrected chi connectivity index (χ0v) is 11.7. The van der Waals surface area contributed by atoms with Crippen LogP contribution in [0.2, 0.25) is 5.02 Å². The number of phenolic OH excluding ortho intramolecular Hbond substituents is 1. The molecular weight excluding hydrogens is 262 g/mol. The minimum atomic E-state index is 0.216. The highest BCUT2D eigenvalue weighted by atomic mass is 35.5. The molecule has 0 aromatic heterocycles. The first-order valence-electron chi connectivity index (χ1n) is 5.93. The van der Waals surface area contributed by atoms with Crippen molar-refractivity contribution in [3.8, 4) is 11.5 Å². The van der Waals surface area contributed by atoms with Gasteiger partial charge in [0.25, 0.3) is 0 Å². The number of phenols is 1. The van der Waals surface area contributed by atoms with Crippen LogP contribution in [-0.4, -0.2) is 19.3 Å². The number of halogens is 1. The first-order chi connectivity index (χ1) is 9.11. The molecule has 0 aliphatic carbocycles. The van der Waals surface area contributed by atoms with E-state index in [0.717, 1.165) is 17.0 Å². The number of para-hydroxylation sites is 2. The zero-order valence-electron chi connectivity index (χ0n) is 10.9. The van der Waals surface area contributed by atoms with Crippen molar-refractivity contribution in [1.29, 1.82) is 0 Å². The van der Waals surface area contributed by atoms with Gasteiger partial charge in [0.05, 0.1) is 12.8 Å². The van der Waals surface area contributed by atoms with Crippen molar-refractivity contribution in [3.63, 3.8) is 0 Å². The lowest BCUT2D eigenvalue weighted by atomic mass is 10.2. The summed E-state index contributed by atoms with van der Waals surface area (Å²) in [6, 6.07) is 12.7. The Kier molecular flexibility index (Phi) is 4.17. The van der Waals surface area contributed by atoms with E-state index in [4.69, 9.17) is 16.3 Å². The number of benzene rings is 2. The summed E-state index contributed by atoms with van der Waals surface area (Å²) >= 11 is 6.13. The Labute approximate surface area is 118 Å². The summed E-state index contributed by atoms with van der Waals surface area (Å²) in [5, 5.41) is 10.2. The topological polar surface area (TPSA) is 32.7 Å². The highest BCUT2D eigenvalue weighted by Gasteiger charge is 2.10. The molecule has 2 aromatic rings. The second kappa shape index (κ2) is 5.85. The number of methoxy groups -OCH3 is 1.